The molecule has 1 aliphatic heterocycles. The summed E-state index contributed by atoms with van der Waals surface area (Å²) in [6.45, 7) is 14.5. The lowest BCUT2D eigenvalue weighted by Gasteiger charge is -2.40. The molecule has 2 heteroatoms. The van der Waals surface area contributed by atoms with Crippen molar-refractivity contribution < 1.29 is 4.74 Å². The number of rotatable bonds is 2. The third kappa shape index (κ3) is 2.55. The van der Waals surface area contributed by atoms with E-state index < -0.39 is 0 Å². The Morgan fingerprint density at radius 2 is 2.15 bits per heavy atom. The molecule has 2 nitrogen and oxygen atoms in total. The largest absolute Gasteiger partial charge is 0.371 e. The predicted octanol–water partition coefficient (Wildman–Crippen LogP) is 2.06. The van der Waals surface area contributed by atoms with Crippen LogP contribution in [-0.2, 0) is 4.74 Å². The standard InChI is InChI=1S/C11H21NO/c1-8(2)11-6-12(9(3)4)10(5)7-13-11/h9-11H,1,6-7H2,2-5H3. The second-order valence-electron chi connectivity index (χ2n) is 4.31. The lowest BCUT2D eigenvalue weighted by atomic mass is 10.1. The fraction of sp³-hybridized carbons (Fsp3) is 0.818. The molecule has 0 amide bonds. The van der Waals surface area contributed by atoms with Crippen LogP contribution in [0.4, 0.5) is 0 Å². The van der Waals surface area contributed by atoms with Crippen molar-refractivity contribution >= 4 is 0 Å². The SMILES string of the molecule is C=C(C)C1CN(C(C)C)C(C)CO1. The van der Waals surface area contributed by atoms with Gasteiger partial charge >= 0.3 is 0 Å². The second kappa shape index (κ2) is 4.25. The zero-order chi connectivity index (χ0) is 10.0. The molecule has 1 saturated heterocycles. The van der Waals surface area contributed by atoms with E-state index in [0.29, 0.717) is 12.1 Å². The Morgan fingerprint density at radius 3 is 2.62 bits per heavy atom. The van der Waals surface area contributed by atoms with Gasteiger partial charge in [0.05, 0.1) is 12.7 Å². The Labute approximate surface area is 81.6 Å². The first-order valence-electron chi connectivity index (χ1n) is 5.05. The monoisotopic (exact) mass is 183 g/mol. The van der Waals surface area contributed by atoms with Crippen LogP contribution in [0.5, 0.6) is 0 Å². The molecule has 0 bridgehead atoms. The molecular weight excluding hydrogens is 162 g/mol. The zero-order valence-electron chi connectivity index (χ0n) is 9.21. The van der Waals surface area contributed by atoms with Crippen LogP contribution in [0.3, 0.4) is 0 Å². The van der Waals surface area contributed by atoms with E-state index in [9.17, 15) is 0 Å². The van der Waals surface area contributed by atoms with Crippen molar-refractivity contribution in [3.63, 3.8) is 0 Å². The molecule has 0 aromatic heterocycles. The molecule has 1 aliphatic rings. The summed E-state index contributed by atoms with van der Waals surface area (Å²) in [5, 5.41) is 0. The van der Waals surface area contributed by atoms with Gasteiger partial charge in [0.15, 0.2) is 0 Å². The molecule has 76 valence electrons. The van der Waals surface area contributed by atoms with Gasteiger partial charge in [-0.2, -0.15) is 0 Å². The van der Waals surface area contributed by atoms with Crippen molar-refractivity contribution in [1.29, 1.82) is 0 Å². The topological polar surface area (TPSA) is 12.5 Å². The first-order chi connectivity index (χ1) is 6.02. The highest BCUT2D eigenvalue weighted by atomic mass is 16.5. The van der Waals surface area contributed by atoms with E-state index in [1.807, 2.05) is 6.92 Å². The summed E-state index contributed by atoms with van der Waals surface area (Å²) in [6.07, 6.45) is 0.235. The highest BCUT2D eigenvalue weighted by Crippen LogP contribution is 2.18. The van der Waals surface area contributed by atoms with Gasteiger partial charge in [-0.3, -0.25) is 4.90 Å². The average Bonchev–Trinajstić information content (AvgIpc) is 2.04. The Balaban J connectivity index is 2.58. The van der Waals surface area contributed by atoms with Gasteiger partial charge in [-0.15, -0.1) is 0 Å². The highest BCUT2D eigenvalue weighted by molar-refractivity contribution is 5.01. The van der Waals surface area contributed by atoms with Crippen molar-refractivity contribution in [1.82, 2.24) is 4.90 Å². The highest BCUT2D eigenvalue weighted by Gasteiger charge is 2.27. The van der Waals surface area contributed by atoms with Crippen LogP contribution in [0.2, 0.25) is 0 Å². The van der Waals surface area contributed by atoms with E-state index in [1.165, 1.54) is 0 Å². The lowest BCUT2D eigenvalue weighted by Crippen LogP contribution is -2.51. The smallest absolute Gasteiger partial charge is 0.0907 e. The van der Waals surface area contributed by atoms with E-state index in [1.54, 1.807) is 0 Å². The maximum atomic E-state index is 5.69. The van der Waals surface area contributed by atoms with Gasteiger partial charge in [-0.1, -0.05) is 12.2 Å². The number of ether oxygens (including phenoxy) is 1. The van der Waals surface area contributed by atoms with Crippen LogP contribution < -0.4 is 0 Å². The third-order valence-corrected chi connectivity index (χ3v) is 2.69. The minimum absolute atomic E-state index is 0.235. The lowest BCUT2D eigenvalue weighted by molar-refractivity contribution is -0.0529. The van der Waals surface area contributed by atoms with Gasteiger partial charge in [0.2, 0.25) is 0 Å². The van der Waals surface area contributed by atoms with Gasteiger partial charge in [0, 0.05) is 18.6 Å². The van der Waals surface area contributed by atoms with Gasteiger partial charge in [0.1, 0.15) is 0 Å². The zero-order valence-corrected chi connectivity index (χ0v) is 9.21. The van der Waals surface area contributed by atoms with Crippen molar-refractivity contribution in [2.45, 2.75) is 45.9 Å². The van der Waals surface area contributed by atoms with Gasteiger partial charge in [0.25, 0.3) is 0 Å². The van der Waals surface area contributed by atoms with Crippen molar-refractivity contribution in [2.75, 3.05) is 13.2 Å². The number of hydrogen-bond donors (Lipinski definition) is 0. The third-order valence-electron chi connectivity index (χ3n) is 2.69. The molecule has 1 fully saturated rings. The minimum atomic E-state index is 0.235. The van der Waals surface area contributed by atoms with Crippen LogP contribution in [0, 0.1) is 0 Å². The van der Waals surface area contributed by atoms with Crippen LogP contribution >= 0.6 is 0 Å². The Hall–Kier alpha value is -0.340. The van der Waals surface area contributed by atoms with Crippen molar-refractivity contribution in [3.8, 4) is 0 Å². The number of hydrogen-bond acceptors (Lipinski definition) is 2. The molecule has 1 rings (SSSR count). The maximum Gasteiger partial charge on any atom is 0.0907 e. The molecular formula is C11H21NO. The van der Waals surface area contributed by atoms with Gasteiger partial charge < -0.3 is 4.74 Å². The molecule has 0 aromatic rings. The summed E-state index contributed by atoms with van der Waals surface area (Å²) in [5.41, 5.74) is 1.14. The van der Waals surface area contributed by atoms with Crippen molar-refractivity contribution in [3.05, 3.63) is 12.2 Å². The summed E-state index contributed by atoms with van der Waals surface area (Å²) in [4.78, 5) is 2.48. The van der Waals surface area contributed by atoms with Crippen LogP contribution in [0.15, 0.2) is 12.2 Å². The summed E-state index contributed by atoms with van der Waals surface area (Å²) >= 11 is 0. The molecule has 0 saturated carbocycles. The molecule has 0 radical (unpaired) electrons. The Kier molecular flexibility index (Phi) is 3.51. The summed E-state index contributed by atoms with van der Waals surface area (Å²) in [7, 11) is 0. The molecule has 0 aromatic carbocycles. The Bertz CT molecular complexity index is 189. The molecule has 0 spiro atoms. The second-order valence-corrected chi connectivity index (χ2v) is 4.31. The number of morpholine rings is 1. The molecule has 13 heavy (non-hydrogen) atoms. The van der Waals surface area contributed by atoms with E-state index in [-0.39, 0.29) is 6.10 Å². The van der Waals surface area contributed by atoms with Crippen LogP contribution in [-0.4, -0.2) is 36.2 Å². The summed E-state index contributed by atoms with van der Waals surface area (Å²) < 4.78 is 5.69. The summed E-state index contributed by atoms with van der Waals surface area (Å²) in [5.74, 6) is 0. The van der Waals surface area contributed by atoms with Gasteiger partial charge in [-0.05, 0) is 27.7 Å². The van der Waals surface area contributed by atoms with Crippen LogP contribution in [0.25, 0.3) is 0 Å². The molecule has 1 heterocycles. The Morgan fingerprint density at radius 1 is 1.54 bits per heavy atom. The fourth-order valence-corrected chi connectivity index (χ4v) is 1.79. The van der Waals surface area contributed by atoms with Gasteiger partial charge in [-0.25, -0.2) is 0 Å². The van der Waals surface area contributed by atoms with E-state index in [4.69, 9.17) is 4.74 Å². The fourth-order valence-electron chi connectivity index (χ4n) is 1.79. The first-order valence-corrected chi connectivity index (χ1v) is 5.05. The molecule has 0 N–H and O–H groups in total. The van der Waals surface area contributed by atoms with E-state index in [0.717, 1.165) is 18.7 Å². The summed E-state index contributed by atoms with van der Waals surface area (Å²) in [6, 6.07) is 1.14. The first kappa shape index (κ1) is 10.7. The molecule has 0 aliphatic carbocycles. The predicted molar refractivity (Wildman–Crippen MR) is 55.9 cm³/mol. The molecule has 2 unspecified atom stereocenters. The normalized spacial score (nSPS) is 30.8. The maximum absolute atomic E-state index is 5.69. The van der Waals surface area contributed by atoms with Crippen LogP contribution in [0.1, 0.15) is 27.7 Å². The number of nitrogens with zero attached hydrogens (tertiary/aromatic N) is 1. The molecule has 2 atom stereocenters. The quantitative estimate of drug-likeness (QED) is 0.608. The van der Waals surface area contributed by atoms with E-state index in [2.05, 4.69) is 32.3 Å². The van der Waals surface area contributed by atoms with Crippen molar-refractivity contribution in [2.24, 2.45) is 0 Å². The average molecular weight is 183 g/mol. The minimum Gasteiger partial charge on any atom is -0.371 e. The van der Waals surface area contributed by atoms with E-state index >= 15 is 0 Å².